The molecule has 3 N–H and O–H groups in total. The normalized spacial score (nSPS) is 18.9. The van der Waals surface area contributed by atoms with Crippen molar-refractivity contribution in [2.45, 2.75) is 18.9 Å². The van der Waals surface area contributed by atoms with E-state index in [1.165, 1.54) is 0 Å². The van der Waals surface area contributed by atoms with Crippen LogP contribution in [0.3, 0.4) is 0 Å². The third-order valence-electron chi connectivity index (χ3n) is 2.64. The number of nitrogens with one attached hydrogen (secondary N) is 2. The Morgan fingerprint density at radius 1 is 1.41 bits per heavy atom. The minimum absolute atomic E-state index is 0.244. The van der Waals surface area contributed by atoms with Crippen molar-refractivity contribution in [3.8, 4) is 5.75 Å². The van der Waals surface area contributed by atoms with Gasteiger partial charge in [0.25, 0.3) is 0 Å². The summed E-state index contributed by atoms with van der Waals surface area (Å²) in [5.41, 5.74) is 0.854. The number of anilines is 1. The van der Waals surface area contributed by atoms with Crippen molar-refractivity contribution < 1.29 is 9.84 Å². The highest BCUT2D eigenvalue weighted by Crippen LogP contribution is 2.14. The number of phenolic OH excluding ortho intramolecular Hbond substituents is 1. The lowest BCUT2D eigenvalue weighted by molar-refractivity contribution is 0.114. The van der Waals surface area contributed by atoms with Gasteiger partial charge in [0.1, 0.15) is 5.75 Å². The molecule has 5 heteroatoms. The molecule has 0 radical (unpaired) electrons. The van der Waals surface area contributed by atoms with Crippen molar-refractivity contribution in [3.63, 3.8) is 0 Å². The summed E-state index contributed by atoms with van der Waals surface area (Å²) in [7, 11) is 0. The van der Waals surface area contributed by atoms with Crippen molar-refractivity contribution in [3.05, 3.63) is 24.3 Å². The quantitative estimate of drug-likeness (QED) is 0.566. The van der Waals surface area contributed by atoms with E-state index in [2.05, 4.69) is 10.6 Å². The largest absolute Gasteiger partial charge is 0.508 e. The van der Waals surface area contributed by atoms with Crippen molar-refractivity contribution >= 4 is 23.0 Å². The molecule has 1 atom stereocenters. The maximum Gasteiger partial charge on any atom is 0.170 e. The van der Waals surface area contributed by atoms with Gasteiger partial charge in [0.2, 0.25) is 0 Å². The number of thiocarbonyl (C=S) groups is 1. The number of benzene rings is 1. The fraction of sp³-hybridized carbons (Fsp3) is 0.417. The lowest BCUT2D eigenvalue weighted by Gasteiger charge is -2.13. The van der Waals surface area contributed by atoms with Crippen LogP contribution < -0.4 is 10.6 Å². The number of hydrogen-bond donors (Lipinski definition) is 3. The lowest BCUT2D eigenvalue weighted by Crippen LogP contribution is -2.34. The molecule has 0 aliphatic carbocycles. The van der Waals surface area contributed by atoms with E-state index in [9.17, 15) is 0 Å². The number of rotatable bonds is 3. The van der Waals surface area contributed by atoms with Crippen LogP contribution in [0.5, 0.6) is 5.75 Å². The minimum Gasteiger partial charge on any atom is -0.508 e. The Kier molecular flexibility index (Phi) is 4.17. The van der Waals surface area contributed by atoms with Crippen molar-refractivity contribution in [1.82, 2.24) is 5.32 Å². The Balaban J connectivity index is 1.74. The van der Waals surface area contributed by atoms with Gasteiger partial charge in [0, 0.05) is 18.8 Å². The number of phenols is 1. The van der Waals surface area contributed by atoms with Crippen molar-refractivity contribution in [2.24, 2.45) is 0 Å². The average Bonchev–Trinajstić information content (AvgIpc) is 2.83. The lowest BCUT2D eigenvalue weighted by atomic mass is 10.2. The zero-order valence-corrected chi connectivity index (χ0v) is 10.3. The van der Waals surface area contributed by atoms with Gasteiger partial charge in [-0.05, 0) is 49.3 Å². The highest BCUT2D eigenvalue weighted by atomic mass is 32.1. The van der Waals surface area contributed by atoms with Crippen LogP contribution in [0.4, 0.5) is 5.69 Å². The van der Waals surface area contributed by atoms with Gasteiger partial charge in [0.05, 0.1) is 6.10 Å². The smallest absolute Gasteiger partial charge is 0.170 e. The Hall–Kier alpha value is -1.33. The fourth-order valence-electron chi connectivity index (χ4n) is 1.73. The number of hydrogen-bond acceptors (Lipinski definition) is 3. The second-order valence-electron chi connectivity index (χ2n) is 4.02. The van der Waals surface area contributed by atoms with Gasteiger partial charge in [-0.15, -0.1) is 0 Å². The van der Waals surface area contributed by atoms with E-state index in [0.29, 0.717) is 5.11 Å². The summed E-state index contributed by atoms with van der Waals surface area (Å²) >= 11 is 5.16. The molecule has 1 saturated heterocycles. The molecule has 2 rings (SSSR count). The first kappa shape index (κ1) is 12.1. The average molecular weight is 252 g/mol. The van der Waals surface area contributed by atoms with Crippen LogP contribution in [0.25, 0.3) is 0 Å². The van der Waals surface area contributed by atoms with Gasteiger partial charge in [0.15, 0.2) is 5.11 Å². The summed E-state index contributed by atoms with van der Waals surface area (Å²) in [6.07, 6.45) is 2.49. The SMILES string of the molecule is Oc1ccc(NC(=S)NCC2CCCO2)cc1. The Labute approximate surface area is 106 Å². The van der Waals surface area contributed by atoms with Crippen LogP contribution in [0, 0.1) is 0 Å². The van der Waals surface area contributed by atoms with E-state index in [1.54, 1.807) is 24.3 Å². The highest BCUT2D eigenvalue weighted by molar-refractivity contribution is 7.80. The zero-order valence-electron chi connectivity index (χ0n) is 9.48. The molecule has 4 nitrogen and oxygen atoms in total. The molecule has 1 aliphatic rings. The first-order valence-electron chi connectivity index (χ1n) is 5.69. The second kappa shape index (κ2) is 5.84. The van der Waals surface area contributed by atoms with Gasteiger partial charge in [-0.25, -0.2) is 0 Å². The number of ether oxygens (including phenoxy) is 1. The van der Waals surface area contributed by atoms with Crippen LogP contribution in [-0.2, 0) is 4.74 Å². The van der Waals surface area contributed by atoms with E-state index in [0.717, 1.165) is 31.7 Å². The summed E-state index contributed by atoms with van der Waals surface area (Å²) < 4.78 is 5.49. The Bertz CT molecular complexity index is 375. The summed E-state index contributed by atoms with van der Waals surface area (Å²) in [5, 5.41) is 15.9. The third kappa shape index (κ3) is 3.87. The molecule has 92 valence electrons. The van der Waals surface area contributed by atoms with Gasteiger partial charge in [-0.2, -0.15) is 0 Å². The summed E-state index contributed by atoms with van der Waals surface area (Å²) in [5.74, 6) is 0.244. The molecule has 0 aromatic heterocycles. The Morgan fingerprint density at radius 2 is 2.18 bits per heavy atom. The minimum atomic E-state index is 0.244. The summed E-state index contributed by atoms with van der Waals surface area (Å²) in [6.45, 7) is 1.59. The molecule has 0 bridgehead atoms. The van der Waals surface area contributed by atoms with E-state index in [4.69, 9.17) is 22.1 Å². The maximum absolute atomic E-state index is 9.14. The second-order valence-corrected chi connectivity index (χ2v) is 4.43. The maximum atomic E-state index is 9.14. The van der Waals surface area contributed by atoms with Gasteiger partial charge >= 0.3 is 0 Å². The van der Waals surface area contributed by atoms with Crippen LogP contribution in [0.2, 0.25) is 0 Å². The van der Waals surface area contributed by atoms with Crippen molar-refractivity contribution in [2.75, 3.05) is 18.5 Å². The predicted octanol–water partition coefficient (Wildman–Crippen LogP) is 1.86. The van der Waals surface area contributed by atoms with Crippen LogP contribution >= 0.6 is 12.2 Å². The molecular weight excluding hydrogens is 236 g/mol. The molecule has 17 heavy (non-hydrogen) atoms. The van der Waals surface area contributed by atoms with E-state index in [1.807, 2.05) is 0 Å². The summed E-state index contributed by atoms with van der Waals surface area (Å²) in [6, 6.07) is 6.78. The molecule has 1 fully saturated rings. The summed E-state index contributed by atoms with van der Waals surface area (Å²) in [4.78, 5) is 0. The predicted molar refractivity (Wildman–Crippen MR) is 71.3 cm³/mol. The molecule has 1 aromatic rings. The fourth-order valence-corrected chi connectivity index (χ4v) is 1.93. The van der Waals surface area contributed by atoms with Gasteiger partial charge in [-0.1, -0.05) is 0 Å². The zero-order chi connectivity index (χ0) is 12.1. The molecule has 1 aliphatic heterocycles. The van der Waals surface area contributed by atoms with Crippen LogP contribution in [0.15, 0.2) is 24.3 Å². The third-order valence-corrected chi connectivity index (χ3v) is 2.89. The van der Waals surface area contributed by atoms with Gasteiger partial charge in [-0.3, -0.25) is 0 Å². The van der Waals surface area contributed by atoms with Crippen LogP contribution in [-0.4, -0.2) is 29.5 Å². The van der Waals surface area contributed by atoms with Gasteiger partial charge < -0.3 is 20.5 Å². The van der Waals surface area contributed by atoms with E-state index in [-0.39, 0.29) is 11.9 Å². The molecule has 0 saturated carbocycles. The van der Waals surface area contributed by atoms with Crippen LogP contribution in [0.1, 0.15) is 12.8 Å². The monoisotopic (exact) mass is 252 g/mol. The first-order valence-corrected chi connectivity index (χ1v) is 6.10. The molecule has 1 aromatic carbocycles. The Morgan fingerprint density at radius 3 is 2.82 bits per heavy atom. The van der Waals surface area contributed by atoms with Crippen molar-refractivity contribution in [1.29, 1.82) is 0 Å². The molecule has 1 unspecified atom stereocenters. The molecule has 0 amide bonds. The topological polar surface area (TPSA) is 53.5 Å². The number of aromatic hydroxyl groups is 1. The molecular formula is C12H16N2O2S. The highest BCUT2D eigenvalue weighted by Gasteiger charge is 2.15. The molecule has 0 spiro atoms. The molecule has 1 heterocycles. The first-order chi connectivity index (χ1) is 8.24. The standard InChI is InChI=1S/C12H16N2O2S/c15-10-5-3-9(4-6-10)14-12(17)13-8-11-2-1-7-16-11/h3-6,11,15H,1-2,7-8H2,(H2,13,14,17). The van der Waals surface area contributed by atoms with E-state index >= 15 is 0 Å². The van der Waals surface area contributed by atoms with E-state index < -0.39 is 0 Å².